The van der Waals surface area contributed by atoms with Crippen molar-refractivity contribution in [1.82, 2.24) is 4.31 Å². The number of rotatable bonds is 6. The van der Waals surface area contributed by atoms with Gasteiger partial charge in [-0.3, -0.25) is 4.79 Å². The Bertz CT molecular complexity index is 1370. The molecule has 9 heteroatoms. The van der Waals surface area contributed by atoms with E-state index in [1.807, 2.05) is 26.0 Å². The van der Waals surface area contributed by atoms with Gasteiger partial charge in [-0.2, -0.15) is 4.31 Å². The molecule has 34 heavy (non-hydrogen) atoms. The minimum absolute atomic E-state index is 0.0478. The van der Waals surface area contributed by atoms with Gasteiger partial charge in [0.05, 0.1) is 17.9 Å². The Morgan fingerprint density at radius 2 is 1.76 bits per heavy atom. The second kappa shape index (κ2) is 9.60. The van der Waals surface area contributed by atoms with Gasteiger partial charge in [0.15, 0.2) is 0 Å². The first-order chi connectivity index (χ1) is 16.2. The summed E-state index contributed by atoms with van der Waals surface area (Å²) in [7, 11) is -2.13. The van der Waals surface area contributed by atoms with E-state index in [9.17, 15) is 18.0 Å². The van der Waals surface area contributed by atoms with Crippen molar-refractivity contribution in [3.63, 3.8) is 0 Å². The first-order valence-corrected chi connectivity index (χ1v) is 12.5. The zero-order chi connectivity index (χ0) is 24.5. The highest BCUT2D eigenvalue weighted by Crippen LogP contribution is 2.27. The molecule has 0 unspecified atom stereocenters. The number of ether oxygens (including phenoxy) is 2. The zero-order valence-corrected chi connectivity index (χ0v) is 20.2. The van der Waals surface area contributed by atoms with Crippen LogP contribution in [0.25, 0.3) is 11.0 Å². The summed E-state index contributed by atoms with van der Waals surface area (Å²) in [6.45, 7) is 4.22. The van der Waals surface area contributed by atoms with Crippen LogP contribution in [-0.2, 0) is 26.2 Å². The number of methoxy groups -OCH3 is 1. The summed E-state index contributed by atoms with van der Waals surface area (Å²) in [6, 6.07) is 11.4. The summed E-state index contributed by atoms with van der Waals surface area (Å²) in [4.78, 5) is 24.9. The summed E-state index contributed by atoms with van der Waals surface area (Å²) in [6.07, 6.45) is 0.731. The second-order valence-electron chi connectivity index (χ2n) is 8.44. The number of piperidine rings is 1. The summed E-state index contributed by atoms with van der Waals surface area (Å²) < 4.78 is 43.2. The molecule has 0 saturated carbocycles. The standard InChI is InChI=1S/C25H27NO7S/c1-16-4-9-22-19(14-23(27)33-24(22)17(16)2)15-32-25(28)18-10-12-26(13-11-18)34(29,30)21-7-5-20(31-3)6-8-21/h4-9,14,18H,10-13,15H2,1-3H3. The highest BCUT2D eigenvalue weighted by Gasteiger charge is 2.33. The Morgan fingerprint density at radius 1 is 1.09 bits per heavy atom. The quantitative estimate of drug-likeness (QED) is 0.388. The number of sulfonamides is 1. The van der Waals surface area contributed by atoms with Gasteiger partial charge in [0.2, 0.25) is 10.0 Å². The van der Waals surface area contributed by atoms with Crippen molar-refractivity contribution in [3.05, 3.63) is 69.6 Å². The van der Waals surface area contributed by atoms with E-state index in [0.717, 1.165) is 16.5 Å². The lowest BCUT2D eigenvalue weighted by molar-refractivity contribution is -0.151. The molecule has 1 fully saturated rings. The molecule has 180 valence electrons. The number of aryl methyl sites for hydroxylation is 2. The molecule has 4 rings (SSSR count). The zero-order valence-electron chi connectivity index (χ0n) is 19.4. The van der Waals surface area contributed by atoms with Crippen LogP contribution in [0, 0.1) is 19.8 Å². The fraction of sp³-hybridized carbons (Fsp3) is 0.360. The van der Waals surface area contributed by atoms with E-state index in [4.69, 9.17) is 13.9 Å². The predicted octanol–water partition coefficient (Wildman–Crippen LogP) is 3.56. The summed E-state index contributed by atoms with van der Waals surface area (Å²) in [5.41, 5.74) is 2.46. The maximum Gasteiger partial charge on any atom is 0.336 e. The van der Waals surface area contributed by atoms with Crippen molar-refractivity contribution < 1.29 is 27.1 Å². The van der Waals surface area contributed by atoms with Gasteiger partial charge in [-0.1, -0.05) is 12.1 Å². The lowest BCUT2D eigenvalue weighted by atomic mass is 9.98. The average Bonchev–Trinajstić information content (AvgIpc) is 2.85. The highest BCUT2D eigenvalue weighted by atomic mass is 32.2. The molecule has 1 aliphatic rings. The van der Waals surface area contributed by atoms with Crippen molar-refractivity contribution in [2.24, 2.45) is 5.92 Å². The Kier molecular flexibility index (Phi) is 6.77. The summed E-state index contributed by atoms with van der Waals surface area (Å²) in [5.74, 6) is -0.223. The largest absolute Gasteiger partial charge is 0.497 e. The molecular formula is C25H27NO7S. The van der Waals surface area contributed by atoms with Crippen LogP contribution in [0.3, 0.4) is 0 Å². The number of carbonyl (C=O) groups is 1. The Hall–Kier alpha value is -3.17. The molecule has 1 aliphatic heterocycles. The number of fused-ring (bicyclic) bond motifs is 1. The smallest absolute Gasteiger partial charge is 0.336 e. The molecule has 1 saturated heterocycles. The Morgan fingerprint density at radius 3 is 2.41 bits per heavy atom. The minimum atomic E-state index is -3.65. The van der Waals surface area contributed by atoms with Gasteiger partial charge in [0.1, 0.15) is 17.9 Å². The van der Waals surface area contributed by atoms with Gasteiger partial charge in [0.25, 0.3) is 0 Å². The maximum absolute atomic E-state index is 12.9. The number of benzene rings is 2. The normalized spacial score (nSPS) is 15.4. The molecule has 0 N–H and O–H groups in total. The first-order valence-electron chi connectivity index (χ1n) is 11.0. The van der Waals surface area contributed by atoms with E-state index in [1.54, 1.807) is 12.1 Å². The number of carbonyl (C=O) groups excluding carboxylic acids is 1. The molecule has 8 nitrogen and oxygen atoms in total. The van der Waals surface area contributed by atoms with Gasteiger partial charge < -0.3 is 13.9 Å². The van der Waals surface area contributed by atoms with E-state index >= 15 is 0 Å². The van der Waals surface area contributed by atoms with E-state index in [-0.39, 0.29) is 24.6 Å². The molecule has 0 radical (unpaired) electrons. The first kappa shape index (κ1) is 24.0. The van der Waals surface area contributed by atoms with Crippen molar-refractivity contribution >= 4 is 27.0 Å². The summed E-state index contributed by atoms with van der Waals surface area (Å²) >= 11 is 0. The van der Waals surface area contributed by atoms with Crippen LogP contribution in [0.2, 0.25) is 0 Å². The summed E-state index contributed by atoms with van der Waals surface area (Å²) in [5, 5.41) is 0.732. The lowest BCUT2D eigenvalue weighted by Crippen LogP contribution is -2.40. The molecule has 1 aromatic heterocycles. The molecule has 3 aromatic rings. The molecular weight excluding hydrogens is 458 g/mol. The molecule has 2 aromatic carbocycles. The molecule has 0 aliphatic carbocycles. The lowest BCUT2D eigenvalue weighted by Gasteiger charge is -2.30. The van der Waals surface area contributed by atoms with Gasteiger partial charge in [-0.15, -0.1) is 0 Å². The maximum atomic E-state index is 12.9. The van der Waals surface area contributed by atoms with Gasteiger partial charge in [0, 0.05) is 30.1 Å². The monoisotopic (exact) mass is 485 g/mol. The third kappa shape index (κ3) is 4.71. The molecule has 0 bridgehead atoms. The fourth-order valence-electron chi connectivity index (χ4n) is 4.14. The van der Waals surface area contributed by atoms with Crippen molar-refractivity contribution in [2.45, 2.75) is 38.2 Å². The van der Waals surface area contributed by atoms with Crippen LogP contribution < -0.4 is 10.4 Å². The third-order valence-electron chi connectivity index (χ3n) is 6.37. The SMILES string of the molecule is COc1ccc(S(=O)(=O)N2CCC(C(=O)OCc3cc(=O)oc4c(C)c(C)ccc34)CC2)cc1. The van der Waals surface area contributed by atoms with Crippen molar-refractivity contribution in [2.75, 3.05) is 20.2 Å². The number of hydrogen-bond acceptors (Lipinski definition) is 7. The van der Waals surface area contributed by atoms with Crippen LogP contribution >= 0.6 is 0 Å². The number of nitrogens with zero attached hydrogens (tertiary/aromatic N) is 1. The molecule has 0 atom stereocenters. The highest BCUT2D eigenvalue weighted by molar-refractivity contribution is 7.89. The van der Waals surface area contributed by atoms with E-state index in [2.05, 4.69) is 0 Å². The van der Waals surface area contributed by atoms with E-state index in [1.165, 1.54) is 29.6 Å². The van der Waals surface area contributed by atoms with Crippen LogP contribution in [0.1, 0.15) is 29.5 Å². The second-order valence-corrected chi connectivity index (χ2v) is 10.4. The van der Waals surface area contributed by atoms with Crippen LogP contribution in [0.5, 0.6) is 5.75 Å². The van der Waals surface area contributed by atoms with Crippen LogP contribution in [0.15, 0.2) is 56.6 Å². The topological polar surface area (TPSA) is 103 Å². The van der Waals surface area contributed by atoms with Crippen molar-refractivity contribution in [3.8, 4) is 5.75 Å². The Labute approximate surface area is 198 Å². The van der Waals surface area contributed by atoms with Gasteiger partial charge in [-0.05, 0) is 62.1 Å². The predicted molar refractivity (Wildman–Crippen MR) is 126 cm³/mol. The minimum Gasteiger partial charge on any atom is -0.497 e. The van der Waals surface area contributed by atoms with Gasteiger partial charge in [-0.25, -0.2) is 13.2 Å². The molecule has 0 spiro atoms. The van der Waals surface area contributed by atoms with E-state index < -0.39 is 27.5 Å². The number of esters is 1. The van der Waals surface area contributed by atoms with Crippen LogP contribution in [0.4, 0.5) is 0 Å². The van der Waals surface area contributed by atoms with Crippen LogP contribution in [-0.4, -0.2) is 38.9 Å². The van der Waals surface area contributed by atoms with E-state index in [0.29, 0.717) is 29.7 Å². The average molecular weight is 486 g/mol. The third-order valence-corrected chi connectivity index (χ3v) is 8.28. The van der Waals surface area contributed by atoms with Gasteiger partial charge >= 0.3 is 11.6 Å². The Balaban J connectivity index is 1.40. The molecule has 2 heterocycles. The number of hydrogen-bond donors (Lipinski definition) is 0. The molecule has 0 amide bonds. The van der Waals surface area contributed by atoms with Crippen molar-refractivity contribution in [1.29, 1.82) is 0 Å². The fourth-order valence-corrected chi connectivity index (χ4v) is 5.61.